The monoisotopic (exact) mass is 459 g/mol. The fourth-order valence-corrected chi connectivity index (χ4v) is 4.41. The van der Waals surface area contributed by atoms with E-state index in [1.807, 2.05) is 100 Å². The van der Waals surface area contributed by atoms with Crippen LogP contribution in [0.25, 0.3) is 21.8 Å². The molecule has 2 aromatic carbocycles. The van der Waals surface area contributed by atoms with Crippen LogP contribution in [-0.2, 0) is 13.1 Å². The van der Waals surface area contributed by atoms with E-state index in [4.69, 9.17) is 0 Å². The van der Waals surface area contributed by atoms with Crippen LogP contribution >= 0.6 is 0 Å². The molecule has 2 aromatic heterocycles. The number of nitrogens with one attached hydrogen (secondary N) is 2. The summed E-state index contributed by atoms with van der Waals surface area (Å²) in [4.78, 5) is 39.5. The van der Waals surface area contributed by atoms with Crippen molar-refractivity contribution < 1.29 is 0 Å². The molecule has 0 atom stereocenters. The molecule has 2 heterocycles. The number of hydrogen-bond donors (Lipinski definition) is 2. The predicted octanol–water partition coefficient (Wildman–Crippen LogP) is 3.75. The lowest BCUT2D eigenvalue weighted by atomic mass is 10.1. The van der Waals surface area contributed by atoms with Gasteiger partial charge in [-0.05, 0) is 57.3 Å². The summed E-state index contributed by atoms with van der Waals surface area (Å²) in [6.45, 7) is 4.75. The van der Waals surface area contributed by atoms with Gasteiger partial charge in [-0.2, -0.15) is 0 Å². The quantitative estimate of drug-likeness (QED) is 0.459. The van der Waals surface area contributed by atoms with Crippen molar-refractivity contribution in [3.8, 4) is 0 Å². The van der Waals surface area contributed by atoms with Gasteiger partial charge in [0.2, 0.25) is 0 Å². The highest BCUT2D eigenvalue weighted by Gasteiger charge is 2.16. The average Bonchev–Trinajstić information content (AvgIpc) is 2.78. The first-order chi connectivity index (χ1) is 16.1. The van der Waals surface area contributed by atoms with E-state index in [0.717, 1.165) is 44.9 Å². The standard InChI is InChI=1S/C27H33N5O2/c1-16-22(26(33)20-12-18(30(3)4)8-10-24(20)28-16)14-32(7)15-23-17(2)29-25-11-9-19(31(5)6)13-21(25)27(23)34/h8-13H,14-15H2,1-7H3,(H,28,33)(H,29,34). The summed E-state index contributed by atoms with van der Waals surface area (Å²) in [7, 11) is 9.79. The fourth-order valence-electron chi connectivity index (χ4n) is 4.41. The maximum absolute atomic E-state index is 13.4. The van der Waals surface area contributed by atoms with Crippen LogP contribution in [-0.4, -0.2) is 50.1 Å². The molecule has 7 heteroatoms. The minimum absolute atomic E-state index is 0.0292. The molecule has 0 aliphatic rings. The second-order valence-electron chi connectivity index (χ2n) is 9.54. The molecule has 7 nitrogen and oxygen atoms in total. The number of benzene rings is 2. The molecule has 178 valence electrons. The zero-order valence-electron chi connectivity index (χ0n) is 21.0. The maximum Gasteiger partial charge on any atom is 0.194 e. The lowest BCUT2D eigenvalue weighted by Gasteiger charge is -2.20. The van der Waals surface area contributed by atoms with E-state index in [-0.39, 0.29) is 10.9 Å². The molecule has 0 aliphatic carbocycles. The number of aryl methyl sites for hydroxylation is 2. The maximum atomic E-state index is 13.4. The van der Waals surface area contributed by atoms with E-state index < -0.39 is 0 Å². The van der Waals surface area contributed by atoms with Gasteiger partial charge < -0.3 is 19.8 Å². The number of aromatic nitrogens is 2. The van der Waals surface area contributed by atoms with Crippen molar-refractivity contribution in [3.05, 3.63) is 79.4 Å². The van der Waals surface area contributed by atoms with E-state index in [1.54, 1.807) is 0 Å². The van der Waals surface area contributed by atoms with Gasteiger partial charge in [-0.15, -0.1) is 0 Å². The smallest absolute Gasteiger partial charge is 0.194 e. The number of nitrogens with zero attached hydrogens (tertiary/aromatic N) is 3. The Morgan fingerprint density at radius 3 is 1.38 bits per heavy atom. The third kappa shape index (κ3) is 4.31. The van der Waals surface area contributed by atoms with Gasteiger partial charge >= 0.3 is 0 Å². The van der Waals surface area contributed by atoms with E-state index >= 15 is 0 Å². The number of anilines is 2. The molecule has 0 bridgehead atoms. The number of H-pyrrole nitrogens is 2. The molecule has 0 fully saturated rings. The summed E-state index contributed by atoms with van der Waals surface area (Å²) >= 11 is 0. The lowest BCUT2D eigenvalue weighted by molar-refractivity contribution is 0.315. The average molecular weight is 460 g/mol. The van der Waals surface area contributed by atoms with E-state index in [0.29, 0.717) is 23.9 Å². The van der Waals surface area contributed by atoms with Gasteiger partial charge in [0.05, 0.1) is 0 Å². The van der Waals surface area contributed by atoms with Crippen LogP contribution in [0.5, 0.6) is 0 Å². The largest absolute Gasteiger partial charge is 0.378 e. The van der Waals surface area contributed by atoms with E-state index in [9.17, 15) is 9.59 Å². The molecule has 0 spiro atoms. The van der Waals surface area contributed by atoms with Crippen molar-refractivity contribution in [2.75, 3.05) is 45.0 Å². The first-order valence-corrected chi connectivity index (χ1v) is 11.4. The topological polar surface area (TPSA) is 75.4 Å². The number of aromatic amines is 2. The minimum atomic E-state index is 0.0292. The zero-order valence-corrected chi connectivity index (χ0v) is 21.0. The summed E-state index contributed by atoms with van der Waals surface area (Å²) in [6.07, 6.45) is 0. The van der Waals surface area contributed by atoms with Gasteiger partial charge in [0, 0.05) is 97.0 Å². The number of rotatable bonds is 6. The van der Waals surface area contributed by atoms with Crippen molar-refractivity contribution in [2.45, 2.75) is 26.9 Å². The van der Waals surface area contributed by atoms with Crippen LogP contribution in [0.3, 0.4) is 0 Å². The fraction of sp³-hybridized carbons (Fsp3) is 0.333. The summed E-state index contributed by atoms with van der Waals surface area (Å²) in [5.41, 5.74) is 6.82. The number of pyridine rings is 2. The summed E-state index contributed by atoms with van der Waals surface area (Å²) in [6, 6.07) is 11.8. The van der Waals surface area contributed by atoms with Crippen molar-refractivity contribution in [1.82, 2.24) is 14.9 Å². The second kappa shape index (κ2) is 8.99. The van der Waals surface area contributed by atoms with Crippen LogP contribution in [0.2, 0.25) is 0 Å². The molecule has 0 amide bonds. The Morgan fingerprint density at radius 1 is 0.647 bits per heavy atom. The lowest BCUT2D eigenvalue weighted by Crippen LogP contribution is -2.27. The zero-order chi connectivity index (χ0) is 24.7. The van der Waals surface area contributed by atoms with E-state index in [2.05, 4.69) is 9.97 Å². The Balaban J connectivity index is 1.69. The molecule has 0 radical (unpaired) electrons. The molecule has 0 unspecified atom stereocenters. The Morgan fingerprint density at radius 2 is 1.03 bits per heavy atom. The van der Waals surface area contributed by atoms with Crippen molar-refractivity contribution in [3.63, 3.8) is 0 Å². The molecule has 0 aliphatic heterocycles. The molecule has 0 saturated carbocycles. The van der Waals surface area contributed by atoms with Gasteiger partial charge in [-0.1, -0.05) is 0 Å². The molecule has 0 saturated heterocycles. The van der Waals surface area contributed by atoms with Gasteiger partial charge in [0.25, 0.3) is 0 Å². The van der Waals surface area contributed by atoms with Gasteiger partial charge in [-0.25, -0.2) is 0 Å². The Labute approximate surface area is 199 Å². The first-order valence-electron chi connectivity index (χ1n) is 11.4. The molecule has 2 N–H and O–H groups in total. The Hall–Kier alpha value is -3.58. The van der Waals surface area contributed by atoms with Crippen LogP contribution in [0, 0.1) is 13.8 Å². The Bertz CT molecular complexity index is 1380. The van der Waals surface area contributed by atoms with Crippen LogP contribution < -0.4 is 20.7 Å². The van der Waals surface area contributed by atoms with Crippen molar-refractivity contribution >= 4 is 33.2 Å². The summed E-state index contributed by atoms with van der Waals surface area (Å²) in [5, 5.41) is 1.35. The third-order valence-corrected chi connectivity index (χ3v) is 6.48. The normalized spacial score (nSPS) is 11.5. The highest BCUT2D eigenvalue weighted by atomic mass is 16.1. The van der Waals surface area contributed by atoms with Crippen molar-refractivity contribution in [2.24, 2.45) is 0 Å². The van der Waals surface area contributed by atoms with Crippen LogP contribution in [0.15, 0.2) is 46.0 Å². The highest BCUT2D eigenvalue weighted by molar-refractivity contribution is 5.84. The molecular formula is C27H33N5O2. The van der Waals surface area contributed by atoms with Crippen molar-refractivity contribution in [1.29, 1.82) is 0 Å². The SMILES string of the molecule is Cc1[nH]c2ccc(N(C)C)cc2c(=O)c1CN(C)Cc1c(C)[nH]c2ccc(N(C)C)cc2c1=O. The van der Waals surface area contributed by atoms with Crippen LogP contribution in [0.4, 0.5) is 11.4 Å². The Kier molecular flexibility index (Phi) is 6.23. The minimum Gasteiger partial charge on any atom is -0.378 e. The number of hydrogen-bond acceptors (Lipinski definition) is 5. The first kappa shape index (κ1) is 23.6. The van der Waals surface area contributed by atoms with Gasteiger partial charge in [0.15, 0.2) is 10.9 Å². The third-order valence-electron chi connectivity index (χ3n) is 6.48. The van der Waals surface area contributed by atoms with E-state index in [1.165, 1.54) is 0 Å². The molecular weight excluding hydrogens is 426 g/mol. The summed E-state index contributed by atoms with van der Waals surface area (Å²) < 4.78 is 0. The summed E-state index contributed by atoms with van der Waals surface area (Å²) in [5.74, 6) is 0. The second-order valence-corrected chi connectivity index (χ2v) is 9.54. The molecule has 34 heavy (non-hydrogen) atoms. The van der Waals surface area contributed by atoms with Gasteiger partial charge in [-0.3, -0.25) is 14.5 Å². The predicted molar refractivity (Wildman–Crippen MR) is 142 cm³/mol. The highest BCUT2D eigenvalue weighted by Crippen LogP contribution is 2.21. The van der Waals surface area contributed by atoms with Crippen LogP contribution in [0.1, 0.15) is 22.5 Å². The molecule has 4 aromatic rings. The molecule has 4 rings (SSSR count). The van der Waals surface area contributed by atoms with Gasteiger partial charge in [0.1, 0.15) is 0 Å². The number of fused-ring (bicyclic) bond motifs is 2.